The molecule has 0 aliphatic carbocycles. The highest BCUT2D eigenvalue weighted by molar-refractivity contribution is 5.94. The van der Waals surface area contributed by atoms with E-state index in [0.29, 0.717) is 45.1 Å². The third kappa shape index (κ3) is 3.49. The van der Waals surface area contributed by atoms with Crippen molar-refractivity contribution in [3.63, 3.8) is 0 Å². The maximum absolute atomic E-state index is 12.4. The third-order valence-corrected chi connectivity index (χ3v) is 3.29. The van der Waals surface area contributed by atoms with E-state index in [4.69, 9.17) is 14.2 Å². The number of benzene rings is 1. The predicted octanol–water partition coefficient (Wildman–Crippen LogP) is 1.70. The molecule has 1 aliphatic rings. The summed E-state index contributed by atoms with van der Waals surface area (Å²) in [4.78, 5) is 14.2. The van der Waals surface area contributed by atoms with E-state index in [0.717, 1.165) is 11.3 Å². The zero-order valence-electron chi connectivity index (χ0n) is 12.1. The summed E-state index contributed by atoms with van der Waals surface area (Å²) in [5, 5.41) is 0. The Labute approximate surface area is 119 Å². The Bertz CT molecular complexity index is 455. The van der Waals surface area contributed by atoms with Crippen LogP contribution in [0.4, 0.5) is 0 Å². The molecule has 1 saturated heterocycles. The molecular formula is C15H21NO4. The number of morpholine rings is 1. The molecule has 0 bridgehead atoms. The van der Waals surface area contributed by atoms with Gasteiger partial charge in [0.15, 0.2) is 0 Å². The highest BCUT2D eigenvalue weighted by Gasteiger charge is 2.19. The molecule has 0 saturated carbocycles. The fraction of sp³-hybridized carbons (Fsp3) is 0.533. The first-order chi connectivity index (χ1) is 9.76. The maximum atomic E-state index is 12.4. The van der Waals surface area contributed by atoms with Crippen molar-refractivity contribution in [3.05, 3.63) is 29.3 Å². The summed E-state index contributed by atoms with van der Waals surface area (Å²) in [6.07, 6.45) is 0. The lowest BCUT2D eigenvalue weighted by Crippen LogP contribution is -2.40. The van der Waals surface area contributed by atoms with Gasteiger partial charge in [0.25, 0.3) is 5.91 Å². The lowest BCUT2D eigenvalue weighted by atomic mass is 10.1. The number of hydrogen-bond acceptors (Lipinski definition) is 4. The Morgan fingerprint density at radius 2 is 2.10 bits per heavy atom. The van der Waals surface area contributed by atoms with Gasteiger partial charge < -0.3 is 19.1 Å². The fourth-order valence-corrected chi connectivity index (χ4v) is 2.19. The van der Waals surface area contributed by atoms with E-state index in [1.807, 2.05) is 24.0 Å². The average Bonchev–Trinajstić information content (AvgIpc) is 2.52. The van der Waals surface area contributed by atoms with Gasteiger partial charge >= 0.3 is 0 Å². The van der Waals surface area contributed by atoms with Crippen LogP contribution in [0.3, 0.4) is 0 Å². The van der Waals surface area contributed by atoms with Crippen molar-refractivity contribution in [1.82, 2.24) is 4.90 Å². The van der Waals surface area contributed by atoms with E-state index in [2.05, 4.69) is 0 Å². The summed E-state index contributed by atoms with van der Waals surface area (Å²) in [6.45, 7) is 5.52. The molecule has 1 aromatic carbocycles. The number of nitrogens with zero attached hydrogens (tertiary/aromatic N) is 1. The molecule has 0 aromatic heterocycles. The van der Waals surface area contributed by atoms with Crippen molar-refractivity contribution in [2.45, 2.75) is 13.5 Å². The van der Waals surface area contributed by atoms with Gasteiger partial charge in [-0.2, -0.15) is 0 Å². The zero-order valence-corrected chi connectivity index (χ0v) is 12.1. The normalized spacial score (nSPS) is 15.2. The molecular weight excluding hydrogens is 258 g/mol. The van der Waals surface area contributed by atoms with Crippen LogP contribution >= 0.6 is 0 Å². The Morgan fingerprint density at radius 1 is 1.35 bits per heavy atom. The molecule has 1 aromatic rings. The molecule has 110 valence electrons. The first kappa shape index (κ1) is 14.8. The minimum atomic E-state index is 0.0358. The highest BCUT2D eigenvalue weighted by atomic mass is 16.5. The number of amides is 1. The van der Waals surface area contributed by atoms with Gasteiger partial charge in [-0.25, -0.2) is 0 Å². The van der Waals surface area contributed by atoms with Gasteiger partial charge in [0.1, 0.15) is 5.75 Å². The smallest absolute Gasteiger partial charge is 0.254 e. The second-order valence-corrected chi connectivity index (χ2v) is 4.57. The second kappa shape index (κ2) is 7.26. The monoisotopic (exact) mass is 279 g/mol. The van der Waals surface area contributed by atoms with Crippen LogP contribution in [0.2, 0.25) is 0 Å². The van der Waals surface area contributed by atoms with E-state index in [-0.39, 0.29) is 5.91 Å². The Morgan fingerprint density at radius 3 is 2.75 bits per heavy atom. The van der Waals surface area contributed by atoms with E-state index in [1.165, 1.54) is 0 Å². The molecule has 20 heavy (non-hydrogen) atoms. The SMILES string of the molecule is CCOCc1cc(C(=O)N2CCOCC2)ccc1OC. The number of carbonyl (C=O) groups is 1. The van der Waals surface area contributed by atoms with Crippen molar-refractivity contribution in [2.75, 3.05) is 40.0 Å². The quantitative estimate of drug-likeness (QED) is 0.823. The number of ether oxygens (including phenoxy) is 3. The summed E-state index contributed by atoms with van der Waals surface area (Å²) >= 11 is 0. The molecule has 0 N–H and O–H groups in total. The second-order valence-electron chi connectivity index (χ2n) is 4.57. The summed E-state index contributed by atoms with van der Waals surface area (Å²) in [5.74, 6) is 0.783. The molecule has 1 heterocycles. The fourth-order valence-electron chi connectivity index (χ4n) is 2.19. The Hall–Kier alpha value is -1.59. The molecule has 0 radical (unpaired) electrons. The van der Waals surface area contributed by atoms with E-state index >= 15 is 0 Å². The molecule has 0 atom stereocenters. The van der Waals surface area contributed by atoms with Crippen molar-refractivity contribution in [3.8, 4) is 5.75 Å². The predicted molar refractivity (Wildman–Crippen MR) is 75.0 cm³/mol. The summed E-state index contributed by atoms with van der Waals surface area (Å²) < 4.78 is 16.0. The van der Waals surface area contributed by atoms with Gasteiger partial charge in [0, 0.05) is 30.8 Å². The topological polar surface area (TPSA) is 48.0 Å². The molecule has 0 unspecified atom stereocenters. The number of carbonyl (C=O) groups excluding carboxylic acids is 1. The van der Waals surface area contributed by atoms with Gasteiger partial charge in [-0.3, -0.25) is 4.79 Å². The van der Waals surface area contributed by atoms with Crippen LogP contribution < -0.4 is 4.74 Å². The van der Waals surface area contributed by atoms with Gasteiger partial charge in [-0.15, -0.1) is 0 Å². The van der Waals surface area contributed by atoms with E-state index < -0.39 is 0 Å². The molecule has 5 nitrogen and oxygen atoms in total. The third-order valence-electron chi connectivity index (χ3n) is 3.29. The standard InChI is InChI=1S/C15H21NO4/c1-3-19-11-13-10-12(4-5-14(13)18-2)15(17)16-6-8-20-9-7-16/h4-5,10H,3,6-9,11H2,1-2H3. The van der Waals surface area contributed by atoms with Crippen molar-refractivity contribution < 1.29 is 19.0 Å². The molecule has 0 spiro atoms. The van der Waals surface area contributed by atoms with Gasteiger partial charge in [0.2, 0.25) is 0 Å². The van der Waals surface area contributed by atoms with Gasteiger partial charge in [0.05, 0.1) is 26.9 Å². The minimum Gasteiger partial charge on any atom is -0.496 e. The number of methoxy groups -OCH3 is 1. The van der Waals surface area contributed by atoms with Crippen LogP contribution in [-0.4, -0.2) is 50.8 Å². The van der Waals surface area contributed by atoms with Crippen LogP contribution in [0.5, 0.6) is 5.75 Å². The number of rotatable bonds is 5. The summed E-state index contributed by atoms with van der Waals surface area (Å²) in [6, 6.07) is 5.47. The molecule has 5 heteroatoms. The number of hydrogen-bond donors (Lipinski definition) is 0. The summed E-state index contributed by atoms with van der Waals surface area (Å²) in [5.41, 5.74) is 1.57. The first-order valence-electron chi connectivity index (χ1n) is 6.88. The van der Waals surface area contributed by atoms with Crippen LogP contribution in [0.25, 0.3) is 0 Å². The summed E-state index contributed by atoms with van der Waals surface area (Å²) in [7, 11) is 1.62. The Balaban J connectivity index is 2.16. The maximum Gasteiger partial charge on any atom is 0.254 e. The van der Waals surface area contributed by atoms with E-state index in [9.17, 15) is 4.79 Å². The van der Waals surface area contributed by atoms with Crippen LogP contribution in [-0.2, 0) is 16.1 Å². The van der Waals surface area contributed by atoms with Crippen LogP contribution in [0.1, 0.15) is 22.8 Å². The van der Waals surface area contributed by atoms with Crippen molar-refractivity contribution in [2.24, 2.45) is 0 Å². The first-order valence-corrected chi connectivity index (χ1v) is 6.88. The molecule has 1 fully saturated rings. The molecule has 1 amide bonds. The molecule has 1 aliphatic heterocycles. The van der Waals surface area contributed by atoms with Crippen molar-refractivity contribution >= 4 is 5.91 Å². The molecule has 2 rings (SSSR count). The highest BCUT2D eigenvalue weighted by Crippen LogP contribution is 2.22. The minimum absolute atomic E-state index is 0.0358. The van der Waals surface area contributed by atoms with Crippen LogP contribution in [0, 0.1) is 0 Å². The van der Waals surface area contributed by atoms with Crippen molar-refractivity contribution in [1.29, 1.82) is 0 Å². The van der Waals surface area contributed by atoms with Gasteiger partial charge in [-0.1, -0.05) is 0 Å². The zero-order chi connectivity index (χ0) is 14.4. The van der Waals surface area contributed by atoms with Gasteiger partial charge in [-0.05, 0) is 25.1 Å². The van der Waals surface area contributed by atoms with Crippen LogP contribution in [0.15, 0.2) is 18.2 Å². The Kier molecular flexibility index (Phi) is 5.38. The lowest BCUT2D eigenvalue weighted by Gasteiger charge is -2.27. The van der Waals surface area contributed by atoms with E-state index in [1.54, 1.807) is 13.2 Å². The largest absolute Gasteiger partial charge is 0.496 e. The lowest BCUT2D eigenvalue weighted by molar-refractivity contribution is 0.0302. The average molecular weight is 279 g/mol.